The molecule has 0 bridgehead atoms. The topological polar surface area (TPSA) is 78.4 Å². The Balaban J connectivity index is 3.69. The second-order valence-corrected chi connectivity index (χ2v) is 2.95. The average molecular weight is 254 g/mol. The standard InChI is InChI=1S/C8H6F4N2O3/c1-17-7-3(9)2-4(14(15)16)6(13)5(7)8(10,11)12/h2H,13H2,1H3. The van der Waals surface area contributed by atoms with Crippen LogP contribution in [-0.2, 0) is 6.18 Å². The number of hydrogen-bond donors (Lipinski definition) is 1. The lowest BCUT2D eigenvalue weighted by Crippen LogP contribution is -2.14. The molecule has 1 rings (SSSR count). The van der Waals surface area contributed by atoms with Gasteiger partial charge in [0.1, 0.15) is 11.3 Å². The van der Waals surface area contributed by atoms with E-state index in [0.717, 1.165) is 7.11 Å². The Morgan fingerprint density at radius 2 is 2.00 bits per heavy atom. The van der Waals surface area contributed by atoms with E-state index in [0.29, 0.717) is 0 Å². The highest BCUT2D eigenvalue weighted by atomic mass is 19.4. The van der Waals surface area contributed by atoms with Gasteiger partial charge in [0.05, 0.1) is 18.1 Å². The van der Waals surface area contributed by atoms with Crippen LogP contribution in [0.3, 0.4) is 0 Å². The van der Waals surface area contributed by atoms with E-state index in [9.17, 15) is 27.7 Å². The first kappa shape index (κ1) is 13.0. The molecule has 0 aliphatic heterocycles. The zero-order valence-electron chi connectivity index (χ0n) is 8.34. The molecule has 0 fully saturated rings. The van der Waals surface area contributed by atoms with Gasteiger partial charge in [-0.3, -0.25) is 10.1 Å². The number of nitrogen functional groups attached to an aromatic ring is 1. The summed E-state index contributed by atoms with van der Waals surface area (Å²) in [6, 6.07) is 0.281. The Kier molecular flexibility index (Phi) is 3.12. The van der Waals surface area contributed by atoms with Gasteiger partial charge in [-0.15, -0.1) is 0 Å². The van der Waals surface area contributed by atoms with Gasteiger partial charge in [0.25, 0.3) is 5.69 Å². The number of nitro benzene ring substituents is 1. The van der Waals surface area contributed by atoms with E-state index < -0.39 is 39.6 Å². The van der Waals surface area contributed by atoms with E-state index in [2.05, 4.69) is 4.74 Å². The largest absolute Gasteiger partial charge is 0.493 e. The number of alkyl halides is 3. The maximum atomic E-state index is 13.2. The van der Waals surface area contributed by atoms with Crippen molar-refractivity contribution < 1.29 is 27.2 Å². The molecule has 1 aromatic carbocycles. The van der Waals surface area contributed by atoms with Crippen molar-refractivity contribution in [3.8, 4) is 5.75 Å². The van der Waals surface area contributed by atoms with Crippen LogP contribution in [0.2, 0.25) is 0 Å². The fourth-order valence-electron chi connectivity index (χ4n) is 1.27. The second kappa shape index (κ2) is 4.07. The predicted octanol–water partition coefficient (Wildman–Crippen LogP) is 2.34. The molecule has 17 heavy (non-hydrogen) atoms. The van der Waals surface area contributed by atoms with Crippen LogP contribution < -0.4 is 10.5 Å². The van der Waals surface area contributed by atoms with Crippen molar-refractivity contribution in [2.45, 2.75) is 6.18 Å². The van der Waals surface area contributed by atoms with Gasteiger partial charge < -0.3 is 10.5 Å². The highest BCUT2D eigenvalue weighted by Crippen LogP contribution is 2.45. The summed E-state index contributed by atoms with van der Waals surface area (Å²) >= 11 is 0. The number of anilines is 1. The predicted molar refractivity (Wildman–Crippen MR) is 49.0 cm³/mol. The Hall–Kier alpha value is -2.06. The summed E-state index contributed by atoms with van der Waals surface area (Å²) in [5.41, 5.74) is 0.982. The van der Waals surface area contributed by atoms with Crippen LogP contribution in [0.1, 0.15) is 5.56 Å². The van der Waals surface area contributed by atoms with Gasteiger partial charge in [-0.05, 0) is 0 Å². The summed E-state index contributed by atoms with van der Waals surface area (Å²) in [4.78, 5) is 9.20. The first-order valence-corrected chi connectivity index (χ1v) is 4.07. The van der Waals surface area contributed by atoms with E-state index in [-0.39, 0.29) is 6.07 Å². The molecule has 0 aliphatic rings. The number of rotatable bonds is 2. The Morgan fingerprint density at radius 1 is 1.47 bits per heavy atom. The highest BCUT2D eigenvalue weighted by molar-refractivity contribution is 5.69. The molecule has 0 unspecified atom stereocenters. The first-order valence-electron chi connectivity index (χ1n) is 4.07. The minimum Gasteiger partial charge on any atom is -0.493 e. The maximum absolute atomic E-state index is 13.2. The van der Waals surface area contributed by atoms with Crippen molar-refractivity contribution in [3.05, 3.63) is 27.6 Å². The molecule has 0 saturated heterocycles. The zero-order valence-corrected chi connectivity index (χ0v) is 8.34. The molecule has 0 heterocycles. The molecule has 0 saturated carbocycles. The number of nitrogens with zero attached hydrogens (tertiary/aromatic N) is 1. The van der Waals surface area contributed by atoms with Crippen LogP contribution in [0.4, 0.5) is 28.9 Å². The van der Waals surface area contributed by atoms with Gasteiger partial charge in [-0.2, -0.15) is 13.2 Å². The Bertz CT molecular complexity index is 473. The number of halogens is 4. The van der Waals surface area contributed by atoms with E-state index in [1.165, 1.54) is 0 Å². The van der Waals surface area contributed by atoms with Crippen LogP contribution in [0.25, 0.3) is 0 Å². The number of nitrogens with two attached hydrogens (primary N) is 1. The van der Waals surface area contributed by atoms with Crippen molar-refractivity contribution in [1.29, 1.82) is 0 Å². The zero-order chi connectivity index (χ0) is 13.4. The van der Waals surface area contributed by atoms with Gasteiger partial charge in [-0.25, -0.2) is 4.39 Å². The maximum Gasteiger partial charge on any atom is 0.422 e. The molecule has 2 N–H and O–H groups in total. The van der Waals surface area contributed by atoms with Crippen LogP contribution in [0.15, 0.2) is 6.07 Å². The Morgan fingerprint density at radius 3 is 2.35 bits per heavy atom. The third kappa shape index (κ3) is 2.22. The molecule has 0 amide bonds. The lowest BCUT2D eigenvalue weighted by molar-refractivity contribution is -0.384. The summed E-state index contributed by atoms with van der Waals surface area (Å²) in [5, 5.41) is 10.4. The summed E-state index contributed by atoms with van der Waals surface area (Å²) in [6.45, 7) is 0. The smallest absolute Gasteiger partial charge is 0.422 e. The number of benzene rings is 1. The van der Waals surface area contributed by atoms with Crippen molar-refractivity contribution >= 4 is 11.4 Å². The number of methoxy groups -OCH3 is 1. The lowest BCUT2D eigenvalue weighted by atomic mass is 10.1. The van der Waals surface area contributed by atoms with E-state index in [1.54, 1.807) is 0 Å². The van der Waals surface area contributed by atoms with Crippen molar-refractivity contribution in [2.75, 3.05) is 12.8 Å². The van der Waals surface area contributed by atoms with Gasteiger partial charge in [0.15, 0.2) is 11.6 Å². The third-order valence-corrected chi connectivity index (χ3v) is 1.94. The van der Waals surface area contributed by atoms with Gasteiger partial charge in [0.2, 0.25) is 0 Å². The van der Waals surface area contributed by atoms with E-state index >= 15 is 0 Å². The monoisotopic (exact) mass is 254 g/mol. The average Bonchev–Trinajstić information content (AvgIpc) is 2.17. The lowest BCUT2D eigenvalue weighted by Gasteiger charge is -2.14. The Labute approximate surface area is 91.9 Å². The highest BCUT2D eigenvalue weighted by Gasteiger charge is 2.41. The minimum atomic E-state index is -5.05. The summed E-state index contributed by atoms with van der Waals surface area (Å²) in [5.74, 6) is -2.67. The molecule has 0 aliphatic carbocycles. The second-order valence-electron chi connectivity index (χ2n) is 2.95. The molecule has 94 valence electrons. The van der Waals surface area contributed by atoms with Crippen molar-refractivity contribution in [3.63, 3.8) is 0 Å². The first-order chi connectivity index (χ1) is 7.70. The van der Waals surface area contributed by atoms with Crippen molar-refractivity contribution in [2.24, 2.45) is 0 Å². The molecule has 0 radical (unpaired) electrons. The van der Waals surface area contributed by atoms with E-state index in [4.69, 9.17) is 5.73 Å². The molecule has 9 heteroatoms. The fraction of sp³-hybridized carbons (Fsp3) is 0.250. The van der Waals surface area contributed by atoms with E-state index in [1.807, 2.05) is 0 Å². The summed E-state index contributed by atoms with van der Waals surface area (Å²) < 4.78 is 55.1. The number of ether oxygens (including phenoxy) is 1. The van der Waals surface area contributed by atoms with Crippen LogP contribution >= 0.6 is 0 Å². The minimum absolute atomic E-state index is 0.281. The summed E-state index contributed by atoms with van der Waals surface area (Å²) in [6.07, 6.45) is -5.05. The third-order valence-electron chi connectivity index (χ3n) is 1.94. The van der Waals surface area contributed by atoms with Crippen molar-refractivity contribution in [1.82, 2.24) is 0 Å². The molecule has 5 nitrogen and oxygen atoms in total. The van der Waals surface area contributed by atoms with Crippen LogP contribution in [-0.4, -0.2) is 12.0 Å². The quantitative estimate of drug-likeness (QED) is 0.380. The number of hydrogen-bond acceptors (Lipinski definition) is 4. The van der Waals surface area contributed by atoms with Crippen LogP contribution in [0, 0.1) is 15.9 Å². The SMILES string of the molecule is COc1c(F)cc([N+](=O)[O-])c(N)c1C(F)(F)F. The molecular formula is C8H6F4N2O3. The van der Waals surface area contributed by atoms with Gasteiger partial charge in [-0.1, -0.05) is 0 Å². The molecule has 0 spiro atoms. The molecule has 1 aromatic rings. The molecule has 0 aromatic heterocycles. The normalized spacial score (nSPS) is 11.4. The molecule has 0 atom stereocenters. The van der Waals surface area contributed by atoms with Crippen LogP contribution in [0.5, 0.6) is 5.75 Å². The van der Waals surface area contributed by atoms with Gasteiger partial charge in [0, 0.05) is 0 Å². The molecular weight excluding hydrogens is 248 g/mol. The van der Waals surface area contributed by atoms with Gasteiger partial charge >= 0.3 is 6.18 Å². The summed E-state index contributed by atoms with van der Waals surface area (Å²) in [7, 11) is 0.804. The number of nitro groups is 1. The fourth-order valence-corrected chi connectivity index (χ4v) is 1.27.